The van der Waals surface area contributed by atoms with Crippen LogP contribution >= 0.6 is 0 Å². The zero-order chi connectivity index (χ0) is 24.4. The molecule has 0 aromatic heterocycles. The van der Waals surface area contributed by atoms with E-state index in [-0.39, 0.29) is 23.0 Å². The van der Waals surface area contributed by atoms with Crippen molar-refractivity contribution in [2.24, 2.45) is 11.8 Å². The average molecular weight is 473 g/mol. The summed E-state index contributed by atoms with van der Waals surface area (Å²) in [4.78, 5) is 25.7. The van der Waals surface area contributed by atoms with Crippen LogP contribution < -0.4 is 10.0 Å². The van der Waals surface area contributed by atoms with Gasteiger partial charge in [0.1, 0.15) is 11.8 Å². The Bertz CT molecular complexity index is 1080. The molecule has 0 saturated heterocycles. The van der Waals surface area contributed by atoms with Crippen molar-refractivity contribution in [1.82, 2.24) is 10.0 Å². The molecule has 1 aliphatic rings. The molecule has 7 nitrogen and oxygen atoms in total. The van der Waals surface area contributed by atoms with Crippen LogP contribution in [0.15, 0.2) is 65.6 Å². The molecule has 1 saturated carbocycles. The maximum absolute atomic E-state index is 13.1. The first-order chi connectivity index (χ1) is 15.4. The Morgan fingerprint density at radius 1 is 1.03 bits per heavy atom. The highest BCUT2D eigenvalue weighted by Crippen LogP contribution is 2.47. The Hall–Kier alpha value is -2.55. The summed E-state index contributed by atoms with van der Waals surface area (Å²) in [5.41, 5.74) is -0.309. The van der Waals surface area contributed by atoms with Crippen molar-refractivity contribution in [3.63, 3.8) is 0 Å². The van der Waals surface area contributed by atoms with E-state index < -0.39 is 45.5 Å². The number of Topliss-reactive ketones (excluding diaryl/α,β-unsaturated/α-hetero) is 1. The molecule has 33 heavy (non-hydrogen) atoms. The third kappa shape index (κ3) is 5.88. The summed E-state index contributed by atoms with van der Waals surface area (Å²) in [6, 6.07) is 16.1. The topological polar surface area (TPSA) is 113 Å². The predicted molar refractivity (Wildman–Crippen MR) is 126 cm³/mol. The normalized spacial score (nSPS) is 20.4. The molecule has 178 valence electrons. The number of nitrogens with one attached hydrogen (secondary N) is 2. The van der Waals surface area contributed by atoms with Gasteiger partial charge < -0.3 is 10.4 Å². The molecule has 0 bridgehead atoms. The van der Waals surface area contributed by atoms with Gasteiger partial charge in [0, 0.05) is 0 Å². The first kappa shape index (κ1) is 25.1. The van der Waals surface area contributed by atoms with Gasteiger partial charge in [-0.25, -0.2) is 8.42 Å². The second kappa shape index (κ2) is 9.75. The zero-order valence-electron chi connectivity index (χ0n) is 19.4. The Balaban J connectivity index is 1.73. The summed E-state index contributed by atoms with van der Waals surface area (Å²) < 4.78 is 28.1. The van der Waals surface area contributed by atoms with Gasteiger partial charge in [-0.15, -0.1) is 0 Å². The molecule has 3 N–H and O–H groups in total. The lowest BCUT2D eigenvalue weighted by molar-refractivity contribution is -0.127. The van der Waals surface area contributed by atoms with Crippen LogP contribution in [-0.4, -0.2) is 42.9 Å². The number of ketones is 1. The largest absolute Gasteiger partial charge is 0.390 e. The highest BCUT2D eigenvalue weighted by Gasteiger charge is 2.57. The fraction of sp³-hybridized carbons (Fsp3) is 0.440. The fourth-order valence-electron chi connectivity index (χ4n) is 4.09. The molecular weight excluding hydrogens is 440 g/mol. The van der Waals surface area contributed by atoms with Gasteiger partial charge in [0.25, 0.3) is 0 Å². The van der Waals surface area contributed by atoms with Gasteiger partial charge in [0.2, 0.25) is 15.9 Å². The van der Waals surface area contributed by atoms with Gasteiger partial charge in [0.05, 0.1) is 28.4 Å². The van der Waals surface area contributed by atoms with Crippen molar-refractivity contribution in [2.45, 2.75) is 62.6 Å². The van der Waals surface area contributed by atoms with Crippen molar-refractivity contribution in [3.8, 4) is 0 Å². The Labute approximate surface area is 195 Å². The van der Waals surface area contributed by atoms with Crippen molar-refractivity contribution in [3.05, 3.63) is 66.2 Å². The van der Waals surface area contributed by atoms with Crippen molar-refractivity contribution >= 4 is 21.7 Å². The van der Waals surface area contributed by atoms with Crippen molar-refractivity contribution in [2.75, 3.05) is 0 Å². The van der Waals surface area contributed by atoms with Crippen LogP contribution in [0.4, 0.5) is 0 Å². The number of benzene rings is 2. The summed E-state index contributed by atoms with van der Waals surface area (Å²) in [6.45, 7) is 7.07. The minimum Gasteiger partial charge on any atom is -0.390 e. The van der Waals surface area contributed by atoms with Gasteiger partial charge in [-0.3, -0.25) is 9.59 Å². The summed E-state index contributed by atoms with van der Waals surface area (Å²) in [5, 5.41) is 13.7. The fourth-order valence-corrected chi connectivity index (χ4v) is 5.32. The van der Waals surface area contributed by atoms with Crippen LogP contribution in [0.3, 0.4) is 0 Å². The van der Waals surface area contributed by atoms with Gasteiger partial charge >= 0.3 is 0 Å². The van der Waals surface area contributed by atoms with E-state index in [4.69, 9.17) is 0 Å². The van der Waals surface area contributed by atoms with Gasteiger partial charge in [-0.1, -0.05) is 62.4 Å². The second-order valence-electron chi connectivity index (χ2n) is 9.59. The van der Waals surface area contributed by atoms with E-state index in [2.05, 4.69) is 10.0 Å². The number of hydrogen-bond donors (Lipinski definition) is 3. The third-order valence-corrected chi connectivity index (χ3v) is 7.43. The summed E-state index contributed by atoms with van der Waals surface area (Å²) in [6.07, 6.45) is -0.844. The molecule has 0 radical (unpaired) electrons. The molecule has 1 fully saturated rings. The molecule has 1 aliphatic carbocycles. The zero-order valence-corrected chi connectivity index (χ0v) is 20.2. The first-order valence-electron chi connectivity index (χ1n) is 11.1. The number of aliphatic hydroxyl groups is 1. The number of aliphatic hydroxyl groups excluding tert-OH is 1. The smallest absolute Gasteiger partial charge is 0.241 e. The maximum Gasteiger partial charge on any atom is 0.241 e. The minimum atomic E-state index is -3.91. The number of rotatable bonds is 10. The first-order valence-corrected chi connectivity index (χ1v) is 12.6. The SMILES string of the molecule is CC(C)C[C@H](NS(=O)(=O)c1ccccc1)C(=O)NC(C)(C)C(O)C1C(=O)C1c1ccccc1. The minimum absolute atomic E-state index is 0.0414. The predicted octanol–water partition coefficient (Wildman–Crippen LogP) is 2.62. The van der Waals surface area contributed by atoms with Gasteiger partial charge in [0.15, 0.2) is 0 Å². The van der Waals surface area contributed by atoms with E-state index in [1.165, 1.54) is 12.1 Å². The molecule has 0 spiro atoms. The van der Waals surface area contributed by atoms with Gasteiger partial charge in [-0.2, -0.15) is 4.72 Å². The number of carbonyl (C=O) groups excluding carboxylic acids is 2. The quantitative estimate of drug-likeness (QED) is 0.492. The van der Waals surface area contributed by atoms with E-state index >= 15 is 0 Å². The van der Waals surface area contributed by atoms with Crippen LogP contribution in [0.2, 0.25) is 0 Å². The molecule has 3 rings (SSSR count). The van der Waals surface area contributed by atoms with Crippen LogP contribution in [0.1, 0.15) is 45.6 Å². The highest BCUT2D eigenvalue weighted by molar-refractivity contribution is 7.89. The molecule has 0 heterocycles. The Morgan fingerprint density at radius 3 is 2.12 bits per heavy atom. The lowest BCUT2D eigenvalue weighted by Gasteiger charge is -2.33. The van der Waals surface area contributed by atoms with E-state index in [0.29, 0.717) is 0 Å². The number of sulfonamides is 1. The molecular formula is C25H32N2O5S. The Kier molecular flexibility index (Phi) is 7.41. The summed E-state index contributed by atoms with van der Waals surface area (Å²) in [7, 11) is -3.91. The van der Waals surface area contributed by atoms with E-state index in [9.17, 15) is 23.1 Å². The lowest BCUT2D eigenvalue weighted by atomic mass is 9.90. The second-order valence-corrected chi connectivity index (χ2v) is 11.3. The molecule has 8 heteroatoms. The van der Waals surface area contributed by atoms with E-state index in [1.54, 1.807) is 32.0 Å². The molecule has 0 aliphatic heterocycles. The summed E-state index contributed by atoms with van der Waals surface area (Å²) >= 11 is 0. The third-order valence-electron chi connectivity index (χ3n) is 5.94. The summed E-state index contributed by atoms with van der Waals surface area (Å²) in [5.74, 6) is -1.59. The molecule has 2 aromatic carbocycles. The van der Waals surface area contributed by atoms with Crippen LogP contribution in [0, 0.1) is 11.8 Å². The molecule has 1 amide bonds. The van der Waals surface area contributed by atoms with Crippen molar-refractivity contribution < 1.29 is 23.1 Å². The highest BCUT2D eigenvalue weighted by atomic mass is 32.2. The van der Waals surface area contributed by atoms with Crippen LogP contribution in [0.5, 0.6) is 0 Å². The van der Waals surface area contributed by atoms with Crippen LogP contribution in [0.25, 0.3) is 0 Å². The van der Waals surface area contributed by atoms with E-state index in [1.807, 2.05) is 44.2 Å². The Morgan fingerprint density at radius 2 is 1.58 bits per heavy atom. The monoisotopic (exact) mass is 472 g/mol. The molecule has 4 atom stereocenters. The lowest BCUT2D eigenvalue weighted by Crippen LogP contribution is -2.58. The molecule has 2 aromatic rings. The van der Waals surface area contributed by atoms with Crippen molar-refractivity contribution in [1.29, 1.82) is 0 Å². The number of amides is 1. The maximum atomic E-state index is 13.1. The van der Waals surface area contributed by atoms with E-state index in [0.717, 1.165) is 5.56 Å². The van der Waals surface area contributed by atoms with Crippen LogP contribution in [-0.2, 0) is 19.6 Å². The standard InChI is InChI=1S/C25H32N2O5S/c1-16(2)15-19(27-33(31,32)18-13-9-6-10-14-18)24(30)26-25(3,4)23(29)21-20(22(21)28)17-11-7-5-8-12-17/h5-14,16,19-21,23,27,29H,15H2,1-4H3,(H,26,30)/t19-,20?,21?,23?/m0/s1. The number of hydrogen-bond acceptors (Lipinski definition) is 5. The van der Waals surface area contributed by atoms with Gasteiger partial charge in [-0.05, 0) is 43.9 Å². The molecule has 3 unspecified atom stereocenters. The number of carbonyl (C=O) groups is 2. The average Bonchev–Trinajstić information content (AvgIpc) is 3.43.